The molecule has 1 amide bonds. The Kier molecular flexibility index (Phi) is 3.70. The Hall–Kier alpha value is -2.82. The summed E-state index contributed by atoms with van der Waals surface area (Å²) in [6, 6.07) is 11.1. The molecule has 5 heteroatoms. The number of carboxylic acids is 1. The number of rotatable bonds is 3. The molecule has 5 nitrogen and oxygen atoms in total. The van der Waals surface area contributed by atoms with Gasteiger partial charge in [-0.15, -0.1) is 0 Å². The minimum absolute atomic E-state index is 0.0672. The van der Waals surface area contributed by atoms with Gasteiger partial charge in [0.05, 0.1) is 11.7 Å². The molecule has 2 rings (SSSR count). The summed E-state index contributed by atoms with van der Waals surface area (Å²) in [5, 5.41) is 13.5. The molecule has 2 aromatic carbocycles. The third-order valence-electron chi connectivity index (χ3n) is 3.02. The lowest BCUT2D eigenvalue weighted by Gasteiger charge is -2.13. The first-order chi connectivity index (χ1) is 9.50. The van der Waals surface area contributed by atoms with Gasteiger partial charge in [-0.05, 0) is 30.7 Å². The summed E-state index contributed by atoms with van der Waals surface area (Å²) >= 11 is 0. The molecule has 2 aromatic rings. The molecule has 0 bridgehead atoms. The largest absolute Gasteiger partial charge is 0.545 e. The van der Waals surface area contributed by atoms with Crippen LogP contribution in [0.2, 0.25) is 0 Å². The summed E-state index contributed by atoms with van der Waals surface area (Å²) in [5.74, 6) is -1.76. The third-order valence-corrected chi connectivity index (χ3v) is 3.02. The molecule has 0 radical (unpaired) electrons. The zero-order valence-electron chi connectivity index (χ0n) is 10.8. The molecule has 0 unspecified atom stereocenters. The second kappa shape index (κ2) is 5.44. The SMILES string of the molecule is Cc1c(N)cccc1C(=O)Nc1ccccc1C(=O)[O-]. The van der Waals surface area contributed by atoms with E-state index in [2.05, 4.69) is 5.32 Å². The highest BCUT2D eigenvalue weighted by molar-refractivity contribution is 6.08. The standard InChI is InChI=1S/C15H14N2O3/c1-9-10(6-4-7-12(9)16)14(18)17-13-8-3-2-5-11(13)15(19)20/h2-8H,16H2,1H3,(H,17,18)(H,19,20)/p-1. The Labute approximate surface area is 116 Å². The topological polar surface area (TPSA) is 95.2 Å². The Morgan fingerprint density at radius 2 is 1.70 bits per heavy atom. The highest BCUT2D eigenvalue weighted by Crippen LogP contribution is 2.19. The molecule has 3 N–H and O–H groups in total. The second-order valence-electron chi connectivity index (χ2n) is 4.31. The number of benzene rings is 2. The molecule has 0 aliphatic carbocycles. The van der Waals surface area contributed by atoms with Gasteiger partial charge in [-0.1, -0.05) is 24.3 Å². The van der Waals surface area contributed by atoms with Crippen molar-refractivity contribution in [1.82, 2.24) is 0 Å². The van der Waals surface area contributed by atoms with Crippen molar-refractivity contribution in [2.24, 2.45) is 0 Å². The number of aromatic carboxylic acids is 1. The maximum absolute atomic E-state index is 12.2. The van der Waals surface area contributed by atoms with Gasteiger partial charge >= 0.3 is 0 Å². The Morgan fingerprint density at radius 3 is 2.40 bits per heavy atom. The Balaban J connectivity index is 2.33. The zero-order valence-corrected chi connectivity index (χ0v) is 10.8. The second-order valence-corrected chi connectivity index (χ2v) is 4.31. The summed E-state index contributed by atoms with van der Waals surface area (Å²) in [6.45, 7) is 1.73. The van der Waals surface area contributed by atoms with Gasteiger partial charge in [0.2, 0.25) is 0 Å². The van der Waals surface area contributed by atoms with E-state index in [9.17, 15) is 14.7 Å². The number of carboxylic acid groups (broad SMARTS) is 1. The lowest BCUT2D eigenvalue weighted by molar-refractivity contribution is -0.254. The fraction of sp³-hybridized carbons (Fsp3) is 0.0667. The first-order valence-electron chi connectivity index (χ1n) is 5.97. The minimum atomic E-state index is -1.34. The van der Waals surface area contributed by atoms with Gasteiger partial charge in [0.25, 0.3) is 5.91 Å². The van der Waals surface area contributed by atoms with Crippen LogP contribution in [-0.2, 0) is 0 Å². The number of carbonyl (C=O) groups excluding carboxylic acids is 2. The molecule has 0 saturated heterocycles. The number of hydrogen-bond donors (Lipinski definition) is 2. The molecule has 0 aliphatic rings. The van der Waals surface area contributed by atoms with Gasteiger partial charge < -0.3 is 21.0 Å². The van der Waals surface area contributed by atoms with E-state index in [1.165, 1.54) is 12.1 Å². The first kappa shape index (κ1) is 13.6. The lowest BCUT2D eigenvalue weighted by Crippen LogP contribution is -2.25. The van der Waals surface area contributed by atoms with E-state index in [0.717, 1.165) is 0 Å². The van der Waals surface area contributed by atoms with Crippen LogP contribution in [0.15, 0.2) is 42.5 Å². The van der Waals surface area contributed by atoms with Crippen LogP contribution in [0.3, 0.4) is 0 Å². The molecule has 0 atom stereocenters. The van der Waals surface area contributed by atoms with Gasteiger partial charge in [-0.3, -0.25) is 4.79 Å². The molecular formula is C15H13N2O3-. The molecule has 0 fully saturated rings. The normalized spacial score (nSPS) is 10.1. The zero-order chi connectivity index (χ0) is 14.7. The number of para-hydroxylation sites is 1. The van der Waals surface area contributed by atoms with Gasteiger partial charge in [-0.2, -0.15) is 0 Å². The van der Waals surface area contributed by atoms with Crippen LogP contribution in [0.5, 0.6) is 0 Å². The van der Waals surface area contributed by atoms with Crippen molar-refractivity contribution in [3.8, 4) is 0 Å². The molecule has 102 valence electrons. The molecule has 0 saturated carbocycles. The van der Waals surface area contributed by atoms with E-state index in [-0.39, 0.29) is 11.3 Å². The van der Waals surface area contributed by atoms with E-state index in [0.29, 0.717) is 16.8 Å². The maximum Gasteiger partial charge on any atom is 0.256 e. The monoisotopic (exact) mass is 269 g/mol. The van der Waals surface area contributed by atoms with E-state index in [1.54, 1.807) is 37.3 Å². The highest BCUT2D eigenvalue weighted by atomic mass is 16.4. The molecule has 0 aromatic heterocycles. The Morgan fingerprint density at radius 1 is 1.05 bits per heavy atom. The van der Waals surface area contributed by atoms with Crippen LogP contribution < -0.4 is 16.2 Å². The smallest absolute Gasteiger partial charge is 0.256 e. The van der Waals surface area contributed by atoms with Crippen LogP contribution in [0.25, 0.3) is 0 Å². The van der Waals surface area contributed by atoms with Crippen LogP contribution >= 0.6 is 0 Å². The average Bonchev–Trinajstić information content (AvgIpc) is 2.42. The van der Waals surface area contributed by atoms with Crippen LogP contribution in [-0.4, -0.2) is 11.9 Å². The number of nitrogens with two attached hydrogens (primary N) is 1. The summed E-state index contributed by atoms with van der Waals surface area (Å²) in [5.41, 5.74) is 7.43. The fourth-order valence-corrected chi connectivity index (χ4v) is 1.86. The van der Waals surface area contributed by atoms with Gasteiger partial charge in [-0.25, -0.2) is 0 Å². The number of amides is 1. The van der Waals surface area contributed by atoms with Crippen LogP contribution in [0.4, 0.5) is 11.4 Å². The van der Waals surface area contributed by atoms with Crippen molar-refractivity contribution < 1.29 is 14.7 Å². The summed E-state index contributed by atoms with van der Waals surface area (Å²) in [7, 11) is 0. The van der Waals surface area contributed by atoms with E-state index >= 15 is 0 Å². The van der Waals surface area contributed by atoms with E-state index < -0.39 is 11.9 Å². The molecule has 0 spiro atoms. The summed E-state index contributed by atoms with van der Waals surface area (Å²) in [6.07, 6.45) is 0. The van der Waals surface area contributed by atoms with Crippen molar-refractivity contribution in [2.45, 2.75) is 6.92 Å². The predicted octanol–water partition coefficient (Wildman–Crippen LogP) is 1.19. The van der Waals surface area contributed by atoms with Crippen LogP contribution in [0, 0.1) is 6.92 Å². The van der Waals surface area contributed by atoms with Crippen LogP contribution in [0.1, 0.15) is 26.3 Å². The number of nitrogens with one attached hydrogen (secondary N) is 1. The van der Waals surface area contributed by atoms with Gasteiger partial charge in [0.1, 0.15) is 0 Å². The average molecular weight is 269 g/mol. The summed E-state index contributed by atoms with van der Waals surface area (Å²) < 4.78 is 0. The fourth-order valence-electron chi connectivity index (χ4n) is 1.86. The number of carbonyl (C=O) groups is 2. The first-order valence-corrected chi connectivity index (χ1v) is 5.97. The van der Waals surface area contributed by atoms with E-state index in [1.807, 2.05) is 0 Å². The van der Waals surface area contributed by atoms with Crippen molar-refractivity contribution >= 4 is 23.3 Å². The third kappa shape index (κ3) is 2.61. The van der Waals surface area contributed by atoms with Gasteiger partial charge in [0, 0.05) is 16.8 Å². The molecule has 20 heavy (non-hydrogen) atoms. The summed E-state index contributed by atoms with van der Waals surface area (Å²) in [4.78, 5) is 23.2. The number of nitrogen functional groups attached to an aromatic ring is 1. The number of hydrogen-bond acceptors (Lipinski definition) is 4. The van der Waals surface area contributed by atoms with Crippen molar-refractivity contribution in [2.75, 3.05) is 11.1 Å². The van der Waals surface area contributed by atoms with E-state index in [4.69, 9.17) is 5.73 Å². The highest BCUT2D eigenvalue weighted by Gasteiger charge is 2.12. The van der Waals surface area contributed by atoms with Crippen molar-refractivity contribution in [3.63, 3.8) is 0 Å². The Bertz CT molecular complexity index is 681. The van der Waals surface area contributed by atoms with Gasteiger partial charge in [0.15, 0.2) is 0 Å². The predicted molar refractivity (Wildman–Crippen MR) is 74.3 cm³/mol. The minimum Gasteiger partial charge on any atom is -0.545 e. The van der Waals surface area contributed by atoms with Crippen molar-refractivity contribution in [1.29, 1.82) is 0 Å². The molecule has 0 heterocycles. The lowest BCUT2D eigenvalue weighted by atomic mass is 10.1. The number of anilines is 2. The molecular weight excluding hydrogens is 256 g/mol. The maximum atomic E-state index is 12.2. The quantitative estimate of drug-likeness (QED) is 0.818. The molecule has 0 aliphatic heterocycles. The van der Waals surface area contributed by atoms with Crippen molar-refractivity contribution in [3.05, 3.63) is 59.2 Å².